The Kier molecular flexibility index (Phi) is 6.82. The molecule has 2 aromatic rings. The summed E-state index contributed by atoms with van der Waals surface area (Å²) in [4.78, 5) is 12.5. The number of Topliss-reactive ketones (excluding diaryl/α,β-unsaturated/α-hetero) is 1. The highest BCUT2D eigenvalue weighted by atomic mass is 16.5. The Morgan fingerprint density at radius 3 is 2.73 bits per heavy atom. The van der Waals surface area contributed by atoms with E-state index in [9.17, 15) is 9.90 Å². The quantitative estimate of drug-likeness (QED) is 0.610. The molecule has 0 fully saturated rings. The number of hydrogen-bond donors (Lipinski definition) is 1. The standard InChI is InChI=1S/C26H31NO3/c1-18(8-7-11-19-9-5-4-6-10-19)30-21-14-20-16-26(2,3)17-22(23(28)12-13-27)25(20)24(29)15-21/h4-6,9-10,14-15,18,22,29H,7-8,11-12,16-17H2,1-3H3. The van der Waals surface area contributed by atoms with E-state index in [1.54, 1.807) is 6.07 Å². The molecule has 0 spiro atoms. The van der Waals surface area contributed by atoms with Crippen LogP contribution in [0.25, 0.3) is 0 Å². The van der Waals surface area contributed by atoms with Crippen molar-refractivity contribution in [2.75, 3.05) is 0 Å². The fourth-order valence-corrected chi connectivity index (χ4v) is 4.53. The molecule has 4 heteroatoms. The number of phenolic OH excluding ortho intramolecular Hbond substituents is 1. The molecule has 0 aromatic heterocycles. The molecule has 2 atom stereocenters. The molecule has 0 heterocycles. The van der Waals surface area contributed by atoms with Crippen LogP contribution in [0.5, 0.6) is 11.5 Å². The predicted molar refractivity (Wildman–Crippen MR) is 118 cm³/mol. The minimum Gasteiger partial charge on any atom is -0.507 e. The summed E-state index contributed by atoms with van der Waals surface area (Å²) in [5, 5.41) is 19.7. The minimum absolute atomic E-state index is 0.0266. The minimum atomic E-state index is -0.430. The molecule has 0 aliphatic heterocycles. The second kappa shape index (κ2) is 9.34. The molecule has 0 saturated heterocycles. The monoisotopic (exact) mass is 405 g/mol. The third-order valence-electron chi connectivity index (χ3n) is 5.89. The molecule has 0 bridgehead atoms. The first kappa shape index (κ1) is 21.9. The van der Waals surface area contributed by atoms with Crippen molar-refractivity contribution in [1.29, 1.82) is 5.26 Å². The van der Waals surface area contributed by atoms with Gasteiger partial charge in [-0.15, -0.1) is 0 Å². The number of aryl methyl sites for hydroxylation is 1. The summed E-state index contributed by atoms with van der Waals surface area (Å²) >= 11 is 0. The van der Waals surface area contributed by atoms with Crippen LogP contribution in [0, 0.1) is 16.7 Å². The fourth-order valence-electron chi connectivity index (χ4n) is 4.53. The Hall–Kier alpha value is -2.80. The first-order valence-corrected chi connectivity index (χ1v) is 10.7. The Balaban J connectivity index is 1.71. The molecule has 2 aromatic carbocycles. The lowest BCUT2D eigenvalue weighted by Crippen LogP contribution is -2.29. The molecule has 0 saturated carbocycles. The maximum absolute atomic E-state index is 12.5. The van der Waals surface area contributed by atoms with Gasteiger partial charge < -0.3 is 9.84 Å². The Morgan fingerprint density at radius 2 is 2.03 bits per heavy atom. The van der Waals surface area contributed by atoms with Crippen molar-refractivity contribution in [3.05, 3.63) is 59.2 Å². The summed E-state index contributed by atoms with van der Waals surface area (Å²) < 4.78 is 6.11. The summed E-state index contributed by atoms with van der Waals surface area (Å²) in [5.74, 6) is 0.193. The van der Waals surface area contributed by atoms with Crippen molar-refractivity contribution in [2.24, 2.45) is 5.41 Å². The fraction of sp³-hybridized carbons (Fsp3) is 0.462. The van der Waals surface area contributed by atoms with Crippen LogP contribution in [0.1, 0.15) is 69.1 Å². The number of benzene rings is 2. The van der Waals surface area contributed by atoms with Crippen LogP contribution < -0.4 is 4.74 Å². The number of nitriles is 1. The van der Waals surface area contributed by atoms with Gasteiger partial charge in [-0.3, -0.25) is 4.79 Å². The van der Waals surface area contributed by atoms with E-state index in [1.165, 1.54) is 5.56 Å². The predicted octanol–water partition coefficient (Wildman–Crippen LogP) is 5.72. The molecule has 4 nitrogen and oxygen atoms in total. The molecule has 158 valence electrons. The lowest BCUT2D eigenvalue weighted by atomic mass is 9.67. The van der Waals surface area contributed by atoms with Crippen molar-refractivity contribution in [3.63, 3.8) is 0 Å². The SMILES string of the molecule is CC(CCCc1ccccc1)Oc1cc(O)c2c(c1)CC(C)(C)CC2C(=O)CC#N. The number of carbonyl (C=O) groups is 1. The van der Waals surface area contributed by atoms with Crippen LogP contribution in [0.3, 0.4) is 0 Å². The number of aromatic hydroxyl groups is 1. The normalized spacial score (nSPS) is 18.1. The van der Waals surface area contributed by atoms with Gasteiger partial charge in [-0.05, 0) is 61.6 Å². The van der Waals surface area contributed by atoms with E-state index < -0.39 is 5.92 Å². The number of fused-ring (bicyclic) bond motifs is 1. The van der Waals surface area contributed by atoms with Crippen molar-refractivity contribution in [1.82, 2.24) is 0 Å². The van der Waals surface area contributed by atoms with Crippen molar-refractivity contribution in [2.45, 2.75) is 71.3 Å². The maximum Gasteiger partial charge on any atom is 0.154 e. The number of ketones is 1. The van der Waals surface area contributed by atoms with Crippen LogP contribution >= 0.6 is 0 Å². The van der Waals surface area contributed by atoms with Gasteiger partial charge in [-0.25, -0.2) is 0 Å². The molecule has 1 N–H and O–H groups in total. The van der Waals surface area contributed by atoms with Gasteiger partial charge in [0.2, 0.25) is 0 Å². The van der Waals surface area contributed by atoms with Crippen LogP contribution in [0.15, 0.2) is 42.5 Å². The van der Waals surface area contributed by atoms with Gasteiger partial charge in [-0.1, -0.05) is 44.2 Å². The van der Waals surface area contributed by atoms with Gasteiger partial charge in [-0.2, -0.15) is 5.26 Å². The summed E-state index contributed by atoms with van der Waals surface area (Å²) in [6.07, 6.45) is 4.27. The van der Waals surface area contributed by atoms with E-state index in [4.69, 9.17) is 10.00 Å². The zero-order chi connectivity index (χ0) is 21.7. The highest BCUT2D eigenvalue weighted by molar-refractivity contribution is 5.89. The molecular weight excluding hydrogens is 374 g/mol. The highest BCUT2D eigenvalue weighted by Gasteiger charge is 2.37. The van der Waals surface area contributed by atoms with E-state index in [0.717, 1.165) is 31.2 Å². The summed E-state index contributed by atoms with van der Waals surface area (Å²) in [6, 6.07) is 16.0. The van der Waals surface area contributed by atoms with Crippen LogP contribution in [0.4, 0.5) is 0 Å². The Bertz CT molecular complexity index is 927. The Labute approximate surface area is 179 Å². The van der Waals surface area contributed by atoms with Gasteiger partial charge in [0, 0.05) is 17.5 Å². The van der Waals surface area contributed by atoms with E-state index in [1.807, 2.05) is 25.1 Å². The first-order valence-electron chi connectivity index (χ1n) is 10.7. The lowest BCUT2D eigenvalue weighted by Gasteiger charge is -2.36. The molecule has 1 aliphatic carbocycles. The number of hydrogen-bond acceptors (Lipinski definition) is 4. The van der Waals surface area contributed by atoms with Gasteiger partial charge in [0.05, 0.1) is 18.6 Å². The third-order valence-corrected chi connectivity index (χ3v) is 5.89. The molecule has 0 radical (unpaired) electrons. The first-order chi connectivity index (χ1) is 14.3. The summed E-state index contributed by atoms with van der Waals surface area (Å²) in [6.45, 7) is 6.30. The summed E-state index contributed by atoms with van der Waals surface area (Å²) in [7, 11) is 0. The maximum atomic E-state index is 12.5. The zero-order valence-electron chi connectivity index (χ0n) is 18.1. The molecule has 30 heavy (non-hydrogen) atoms. The van der Waals surface area contributed by atoms with Gasteiger partial charge >= 0.3 is 0 Å². The van der Waals surface area contributed by atoms with E-state index in [0.29, 0.717) is 17.7 Å². The topological polar surface area (TPSA) is 70.3 Å². The average Bonchev–Trinajstić information content (AvgIpc) is 2.67. The number of phenols is 1. The largest absolute Gasteiger partial charge is 0.507 e. The van der Waals surface area contributed by atoms with E-state index in [-0.39, 0.29) is 29.5 Å². The number of rotatable bonds is 8. The third kappa shape index (κ3) is 5.42. The van der Waals surface area contributed by atoms with Crippen molar-refractivity contribution in [3.8, 4) is 17.6 Å². The molecule has 0 amide bonds. The Morgan fingerprint density at radius 1 is 1.30 bits per heavy atom. The number of ether oxygens (including phenoxy) is 1. The second-order valence-electron chi connectivity index (χ2n) is 9.22. The molecule has 1 aliphatic rings. The molecular formula is C26H31NO3. The van der Waals surface area contributed by atoms with Crippen molar-refractivity contribution >= 4 is 5.78 Å². The highest BCUT2D eigenvalue weighted by Crippen LogP contribution is 2.47. The molecule has 2 unspecified atom stereocenters. The molecule has 3 rings (SSSR count). The average molecular weight is 406 g/mol. The van der Waals surface area contributed by atoms with Gasteiger partial charge in [0.25, 0.3) is 0 Å². The number of nitrogens with zero attached hydrogens (tertiary/aromatic N) is 1. The number of carbonyl (C=O) groups excluding carboxylic acids is 1. The smallest absolute Gasteiger partial charge is 0.154 e. The zero-order valence-corrected chi connectivity index (χ0v) is 18.1. The van der Waals surface area contributed by atoms with Crippen molar-refractivity contribution < 1.29 is 14.6 Å². The summed E-state index contributed by atoms with van der Waals surface area (Å²) in [5.41, 5.74) is 2.88. The van der Waals surface area contributed by atoms with Gasteiger partial charge in [0.15, 0.2) is 5.78 Å². The van der Waals surface area contributed by atoms with Crippen LogP contribution in [0.2, 0.25) is 0 Å². The van der Waals surface area contributed by atoms with E-state index in [2.05, 4.69) is 38.1 Å². The second-order valence-corrected chi connectivity index (χ2v) is 9.22. The van der Waals surface area contributed by atoms with E-state index >= 15 is 0 Å². The lowest BCUT2D eigenvalue weighted by molar-refractivity contribution is -0.120. The van der Waals surface area contributed by atoms with Crippen LogP contribution in [-0.4, -0.2) is 17.0 Å². The van der Waals surface area contributed by atoms with Crippen LogP contribution in [-0.2, 0) is 17.6 Å². The van der Waals surface area contributed by atoms with Gasteiger partial charge in [0.1, 0.15) is 11.5 Å².